The molecule has 0 radical (unpaired) electrons. The second-order valence-electron chi connectivity index (χ2n) is 7.03. The van der Waals surface area contributed by atoms with Crippen molar-refractivity contribution < 1.29 is 9.47 Å². The summed E-state index contributed by atoms with van der Waals surface area (Å²) in [4.78, 5) is 0. The summed E-state index contributed by atoms with van der Waals surface area (Å²) in [7, 11) is 3.19. The van der Waals surface area contributed by atoms with Crippen LogP contribution in [0.1, 0.15) is 24.5 Å². The van der Waals surface area contributed by atoms with Gasteiger partial charge < -0.3 is 14.8 Å². The van der Waals surface area contributed by atoms with Crippen LogP contribution in [-0.2, 0) is 5.54 Å². The predicted octanol–water partition coefficient (Wildman–Crippen LogP) is 4.19. The van der Waals surface area contributed by atoms with Gasteiger partial charge in [0.2, 0.25) is 0 Å². The van der Waals surface area contributed by atoms with Gasteiger partial charge in [0, 0.05) is 6.42 Å². The molecule has 30 heavy (non-hydrogen) atoms. The fourth-order valence-electron chi connectivity index (χ4n) is 3.59. The van der Waals surface area contributed by atoms with Gasteiger partial charge in [0.05, 0.1) is 31.0 Å². The van der Waals surface area contributed by atoms with E-state index in [1.807, 2.05) is 67.6 Å². The van der Waals surface area contributed by atoms with Crippen LogP contribution in [-0.4, -0.2) is 14.2 Å². The van der Waals surface area contributed by atoms with Gasteiger partial charge in [-0.15, -0.1) is 0 Å². The summed E-state index contributed by atoms with van der Waals surface area (Å²) in [6.07, 6.45) is 0.488. The Morgan fingerprint density at radius 2 is 1.43 bits per heavy atom. The molecule has 0 aliphatic carbocycles. The molecule has 2 aromatic rings. The molecule has 0 saturated carbocycles. The zero-order chi connectivity index (χ0) is 21.7. The van der Waals surface area contributed by atoms with Gasteiger partial charge in [0.15, 0.2) is 5.57 Å². The van der Waals surface area contributed by atoms with Gasteiger partial charge in [-0.05, 0) is 47.9 Å². The Hall–Kier alpha value is -4.21. The van der Waals surface area contributed by atoms with Crippen molar-refractivity contribution in [2.45, 2.75) is 18.9 Å². The fraction of sp³-hybridized carbons (Fsp3) is 0.208. The lowest BCUT2D eigenvalue weighted by atomic mass is 9.77. The lowest BCUT2D eigenvalue weighted by molar-refractivity contribution is 0.400. The van der Waals surface area contributed by atoms with Crippen molar-refractivity contribution in [3.63, 3.8) is 0 Å². The Labute approximate surface area is 175 Å². The van der Waals surface area contributed by atoms with Crippen molar-refractivity contribution in [1.29, 1.82) is 15.8 Å². The van der Waals surface area contributed by atoms with E-state index in [4.69, 9.17) is 9.47 Å². The highest BCUT2D eigenvalue weighted by molar-refractivity contribution is 5.80. The van der Waals surface area contributed by atoms with E-state index in [0.717, 1.165) is 22.4 Å². The molecule has 6 heteroatoms. The molecule has 0 aromatic heterocycles. The highest BCUT2D eigenvalue weighted by Gasteiger charge is 2.37. The fourth-order valence-corrected chi connectivity index (χ4v) is 3.59. The molecule has 0 fully saturated rings. The van der Waals surface area contributed by atoms with Crippen LogP contribution < -0.4 is 14.8 Å². The number of nitrogens with zero attached hydrogens (tertiary/aromatic N) is 3. The number of ether oxygens (including phenoxy) is 2. The summed E-state index contributed by atoms with van der Waals surface area (Å²) < 4.78 is 10.5. The van der Waals surface area contributed by atoms with Crippen molar-refractivity contribution in [2.24, 2.45) is 0 Å². The lowest BCUT2D eigenvalue weighted by Gasteiger charge is -2.39. The highest BCUT2D eigenvalue weighted by Crippen LogP contribution is 2.42. The molecule has 0 bridgehead atoms. The first-order valence-electron chi connectivity index (χ1n) is 9.25. The van der Waals surface area contributed by atoms with Crippen LogP contribution in [0.15, 0.2) is 65.4 Å². The third-order valence-corrected chi connectivity index (χ3v) is 5.23. The molecule has 1 unspecified atom stereocenters. The second-order valence-corrected chi connectivity index (χ2v) is 7.03. The Kier molecular flexibility index (Phi) is 5.77. The van der Waals surface area contributed by atoms with E-state index in [1.165, 1.54) is 0 Å². The SMILES string of the molecule is COc1ccc(C2=C(C#N)C(=C(C#N)C#N)NC(C)(c3ccc(OC)cc3)C2)cc1. The predicted molar refractivity (Wildman–Crippen MR) is 112 cm³/mol. The number of methoxy groups -OCH3 is 2. The smallest absolute Gasteiger partial charge is 0.154 e. The minimum atomic E-state index is -0.643. The molecule has 0 spiro atoms. The molecule has 148 valence electrons. The topological polar surface area (TPSA) is 102 Å². The lowest BCUT2D eigenvalue weighted by Crippen LogP contribution is -2.43. The molecule has 0 amide bonds. The molecule has 2 aromatic carbocycles. The maximum absolute atomic E-state index is 9.90. The van der Waals surface area contributed by atoms with Crippen LogP contribution in [0.25, 0.3) is 5.57 Å². The van der Waals surface area contributed by atoms with Crippen LogP contribution in [0.3, 0.4) is 0 Å². The van der Waals surface area contributed by atoms with Crippen LogP contribution in [0.4, 0.5) is 0 Å². The summed E-state index contributed by atoms with van der Waals surface area (Å²) in [6, 6.07) is 21.0. The molecular formula is C24H20N4O2. The van der Waals surface area contributed by atoms with Crippen LogP contribution in [0, 0.1) is 34.0 Å². The number of nitrogens with one attached hydrogen (secondary N) is 1. The molecule has 1 aliphatic heterocycles. The van der Waals surface area contributed by atoms with E-state index in [2.05, 4.69) is 11.4 Å². The number of benzene rings is 2. The quantitative estimate of drug-likeness (QED) is 0.778. The normalized spacial score (nSPS) is 17.8. The standard InChI is InChI=1S/C24H20N4O2/c1-24(18-6-10-20(30-3)11-7-18)12-21(16-4-8-19(29-2)9-5-16)22(15-27)23(28-24)17(13-25)14-26/h4-11,28H,12H2,1-3H3. The molecule has 1 atom stereocenters. The highest BCUT2D eigenvalue weighted by atomic mass is 16.5. The third kappa shape index (κ3) is 3.70. The van der Waals surface area contributed by atoms with Crippen molar-refractivity contribution in [2.75, 3.05) is 14.2 Å². The van der Waals surface area contributed by atoms with E-state index in [-0.39, 0.29) is 11.3 Å². The Morgan fingerprint density at radius 1 is 0.900 bits per heavy atom. The summed E-state index contributed by atoms with van der Waals surface area (Å²) in [6.45, 7) is 1.98. The van der Waals surface area contributed by atoms with Crippen LogP contribution in [0.2, 0.25) is 0 Å². The Bertz CT molecular complexity index is 1120. The summed E-state index contributed by atoms with van der Waals surface area (Å²) in [5.74, 6) is 1.43. The van der Waals surface area contributed by atoms with Crippen molar-refractivity contribution >= 4 is 5.57 Å². The monoisotopic (exact) mass is 396 g/mol. The molecule has 1 heterocycles. The summed E-state index contributed by atoms with van der Waals surface area (Å²) in [5, 5.41) is 32.2. The average molecular weight is 396 g/mol. The minimum Gasteiger partial charge on any atom is -0.497 e. The van der Waals surface area contributed by atoms with E-state index < -0.39 is 5.54 Å². The Balaban J connectivity index is 2.22. The molecule has 1 aliphatic rings. The summed E-state index contributed by atoms with van der Waals surface area (Å²) >= 11 is 0. The minimum absolute atomic E-state index is 0.128. The molecular weight excluding hydrogens is 376 g/mol. The van der Waals surface area contributed by atoms with Crippen molar-refractivity contribution in [3.8, 4) is 29.7 Å². The van der Waals surface area contributed by atoms with Gasteiger partial charge in [-0.2, -0.15) is 15.8 Å². The third-order valence-electron chi connectivity index (χ3n) is 5.23. The van der Waals surface area contributed by atoms with Gasteiger partial charge >= 0.3 is 0 Å². The number of allylic oxidation sites excluding steroid dienone is 2. The molecule has 6 nitrogen and oxygen atoms in total. The van der Waals surface area contributed by atoms with Gasteiger partial charge in [-0.3, -0.25) is 0 Å². The largest absolute Gasteiger partial charge is 0.497 e. The number of hydrogen-bond donors (Lipinski definition) is 1. The maximum atomic E-state index is 9.90. The zero-order valence-corrected chi connectivity index (χ0v) is 17.0. The molecule has 1 N–H and O–H groups in total. The average Bonchev–Trinajstić information content (AvgIpc) is 2.79. The summed E-state index contributed by atoms with van der Waals surface area (Å²) in [5.41, 5.74) is 2.31. The van der Waals surface area contributed by atoms with Crippen molar-refractivity contribution in [1.82, 2.24) is 5.32 Å². The zero-order valence-electron chi connectivity index (χ0n) is 17.0. The first kappa shape index (κ1) is 20.5. The number of nitriles is 3. The Morgan fingerprint density at radius 3 is 1.90 bits per heavy atom. The van der Waals surface area contributed by atoms with Gasteiger partial charge in [0.1, 0.15) is 29.7 Å². The van der Waals surface area contributed by atoms with Crippen LogP contribution in [0.5, 0.6) is 11.5 Å². The van der Waals surface area contributed by atoms with E-state index in [0.29, 0.717) is 17.7 Å². The number of rotatable bonds is 4. The maximum Gasteiger partial charge on any atom is 0.154 e. The number of hydrogen-bond acceptors (Lipinski definition) is 6. The van der Waals surface area contributed by atoms with Gasteiger partial charge in [-0.25, -0.2) is 0 Å². The van der Waals surface area contributed by atoms with E-state index >= 15 is 0 Å². The first-order valence-corrected chi connectivity index (χ1v) is 9.25. The van der Waals surface area contributed by atoms with Crippen molar-refractivity contribution in [3.05, 3.63) is 76.5 Å². The van der Waals surface area contributed by atoms with E-state index in [1.54, 1.807) is 14.2 Å². The van der Waals surface area contributed by atoms with Gasteiger partial charge in [-0.1, -0.05) is 24.3 Å². The second kappa shape index (κ2) is 8.43. The van der Waals surface area contributed by atoms with E-state index in [9.17, 15) is 15.8 Å². The molecule has 0 saturated heterocycles. The first-order chi connectivity index (χ1) is 14.5. The van der Waals surface area contributed by atoms with Crippen LogP contribution >= 0.6 is 0 Å². The van der Waals surface area contributed by atoms with Gasteiger partial charge in [0.25, 0.3) is 0 Å². The molecule has 3 rings (SSSR count).